The van der Waals surface area contributed by atoms with Gasteiger partial charge in [0.15, 0.2) is 5.69 Å². The lowest BCUT2D eigenvalue weighted by atomic mass is 10.2. The number of hydrogen-bond acceptors (Lipinski definition) is 5. The molecule has 0 amide bonds. The Labute approximate surface area is 126 Å². The van der Waals surface area contributed by atoms with Gasteiger partial charge in [0, 0.05) is 5.38 Å². The lowest BCUT2D eigenvalue weighted by molar-refractivity contribution is 0.0691. The largest absolute Gasteiger partial charge is 0.476 e. The number of thiazole rings is 1. The maximum absolute atomic E-state index is 12.3. The highest BCUT2D eigenvalue weighted by Crippen LogP contribution is 2.17. The lowest BCUT2D eigenvalue weighted by Gasteiger charge is -2.09. The van der Waals surface area contributed by atoms with Crippen LogP contribution in [0.15, 0.2) is 28.5 Å². The Balaban J connectivity index is 2.17. The van der Waals surface area contributed by atoms with Gasteiger partial charge in [-0.1, -0.05) is 12.1 Å². The average molecular weight is 326 g/mol. The van der Waals surface area contributed by atoms with Crippen LogP contribution in [0.2, 0.25) is 0 Å². The van der Waals surface area contributed by atoms with Crippen LogP contribution >= 0.6 is 11.3 Å². The fourth-order valence-corrected chi connectivity index (χ4v) is 3.84. The number of carboxylic acid groups (broad SMARTS) is 1. The van der Waals surface area contributed by atoms with Gasteiger partial charge in [0.1, 0.15) is 5.01 Å². The summed E-state index contributed by atoms with van der Waals surface area (Å²) in [4.78, 5) is 14.8. The molecule has 1 aromatic heterocycles. The summed E-state index contributed by atoms with van der Waals surface area (Å²) >= 11 is 1.10. The maximum atomic E-state index is 12.3. The third kappa shape index (κ3) is 3.66. The third-order valence-electron chi connectivity index (χ3n) is 2.82. The standard InChI is InChI=1S/C13H14N2O4S2/c1-8-3-4-9(2)11(5-8)21(18,19)14-6-12-15-10(7-20-12)13(16)17/h3-5,7,14H,6H2,1-2H3,(H,16,17). The van der Waals surface area contributed by atoms with E-state index in [1.165, 1.54) is 5.38 Å². The fraction of sp³-hybridized carbons (Fsp3) is 0.231. The number of sulfonamides is 1. The molecule has 6 nitrogen and oxygen atoms in total. The summed E-state index contributed by atoms with van der Waals surface area (Å²) in [6, 6.07) is 5.19. The van der Waals surface area contributed by atoms with E-state index in [-0.39, 0.29) is 17.1 Å². The number of carboxylic acids is 1. The van der Waals surface area contributed by atoms with Crippen molar-refractivity contribution in [2.45, 2.75) is 25.3 Å². The molecule has 0 atom stereocenters. The first-order valence-electron chi connectivity index (χ1n) is 6.04. The van der Waals surface area contributed by atoms with E-state index in [9.17, 15) is 13.2 Å². The van der Waals surface area contributed by atoms with E-state index < -0.39 is 16.0 Å². The number of rotatable bonds is 5. The van der Waals surface area contributed by atoms with Crippen LogP contribution in [0, 0.1) is 13.8 Å². The van der Waals surface area contributed by atoms with Crippen LogP contribution < -0.4 is 4.72 Å². The molecule has 2 N–H and O–H groups in total. The molecule has 112 valence electrons. The zero-order chi connectivity index (χ0) is 15.6. The number of nitrogens with one attached hydrogen (secondary N) is 1. The minimum Gasteiger partial charge on any atom is -0.476 e. The number of carbonyl (C=O) groups is 1. The Bertz CT molecular complexity index is 781. The molecular weight excluding hydrogens is 312 g/mol. The smallest absolute Gasteiger partial charge is 0.355 e. The number of hydrogen-bond donors (Lipinski definition) is 2. The van der Waals surface area contributed by atoms with Gasteiger partial charge in [0.05, 0.1) is 11.4 Å². The molecule has 0 radical (unpaired) electrons. The topological polar surface area (TPSA) is 96.4 Å². The van der Waals surface area contributed by atoms with Crippen LogP contribution in [0.3, 0.4) is 0 Å². The summed E-state index contributed by atoms with van der Waals surface area (Å²) in [6.07, 6.45) is 0. The average Bonchev–Trinajstić information content (AvgIpc) is 2.88. The van der Waals surface area contributed by atoms with Crippen LogP contribution in [0.5, 0.6) is 0 Å². The summed E-state index contributed by atoms with van der Waals surface area (Å²) in [5, 5.41) is 10.6. The number of benzene rings is 1. The van der Waals surface area contributed by atoms with Crippen molar-refractivity contribution in [3.8, 4) is 0 Å². The molecular formula is C13H14N2O4S2. The van der Waals surface area contributed by atoms with Crippen LogP contribution in [-0.4, -0.2) is 24.5 Å². The van der Waals surface area contributed by atoms with E-state index in [1.54, 1.807) is 19.1 Å². The zero-order valence-corrected chi connectivity index (χ0v) is 13.1. The van der Waals surface area contributed by atoms with Crippen molar-refractivity contribution in [2.75, 3.05) is 0 Å². The van der Waals surface area contributed by atoms with Crippen LogP contribution in [0.1, 0.15) is 26.6 Å². The lowest BCUT2D eigenvalue weighted by Crippen LogP contribution is -2.24. The van der Waals surface area contributed by atoms with Gasteiger partial charge in [0.25, 0.3) is 0 Å². The van der Waals surface area contributed by atoms with Gasteiger partial charge in [-0.15, -0.1) is 11.3 Å². The highest BCUT2D eigenvalue weighted by atomic mass is 32.2. The predicted octanol–water partition coefficient (Wildman–Crippen LogP) is 1.94. The van der Waals surface area contributed by atoms with Gasteiger partial charge in [-0.25, -0.2) is 22.9 Å². The van der Waals surface area contributed by atoms with Crippen molar-refractivity contribution in [3.63, 3.8) is 0 Å². The predicted molar refractivity (Wildman–Crippen MR) is 79.0 cm³/mol. The molecule has 0 unspecified atom stereocenters. The summed E-state index contributed by atoms with van der Waals surface area (Å²) in [6.45, 7) is 3.51. The van der Waals surface area contributed by atoms with Crippen molar-refractivity contribution >= 4 is 27.3 Å². The summed E-state index contributed by atoms with van der Waals surface area (Å²) in [7, 11) is -3.65. The van der Waals surface area contributed by atoms with Gasteiger partial charge in [-0.05, 0) is 31.0 Å². The van der Waals surface area contributed by atoms with E-state index in [1.807, 2.05) is 13.0 Å². The van der Waals surface area contributed by atoms with Crippen molar-refractivity contribution < 1.29 is 18.3 Å². The Morgan fingerprint density at radius 1 is 1.38 bits per heavy atom. The van der Waals surface area contributed by atoms with Crippen molar-refractivity contribution in [3.05, 3.63) is 45.4 Å². The Morgan fingerprint density at radius 3 is 2.71 bits per heavy atom. The summed E-state index contributed by atoms with van der Waals surface area (Å²) in [5.41, 5.74) is 1.42. The van der Waals surface area contributed by atoms with Gasteiger partial charge in [-0.2, -0.15) is 0 Å². The van der Waals surface area contributed by atoms with Gasteiger partial charge >= 0.3 is 5.97 Å². The molecule has 0 fully saturated rings. The summed E-state index contributed by atoms with van der Waals surface area (Å²) in [5.74, 6) is -1.13. The number of aryl methyl sites for hydroxylation is 2. The molecule has 0 bridgehead atoms. The highest BCUT2D eigenvalue weighted by Gasteiger charge is 2.18. The van der Waals surface area contributed by atoms with Gasteiger partial charge < -0.3 is 5.11 Å². The van der Waals surface area contributed by atoms with Gasteiger partial charge in [-0.3, -0.25) is 0 Å². The molecule has 0 spiro atoms. The molecule has 2 aromatic rings. The molecule has 1 heterocycles. The van der Waals surface area contributed by atoms with Crippen LogP contribution in [-0.2, 0) is 16.6 Å². The minimum absolute atomic E-state index is 0.0341. The van der Waals surface area contributed by atoms with Crippen molar-refractivity contribution in [1.82, 2.24) is 9.71 Å². The number of aromatic nitrogens is 1. The van der Waals surface area contributed by atoms with Gasteiger partial charge in [0.2, 0.25) is 10.0 Å². The van der Waals surface area contributed by atoms with E-state index in [4.69, 9.17) is 5.11 Å². The van der Waals surface area contributed by atoms with E-state index >= 15 is 0 Å². The highest BCUT2D eigenvalue weighted by molar-refractivity contribution is 7.89. The molecule has 0 aliphatic carbocycles. The normalized spacial score (nSPS) is 11.5. The van der Waals surface area contributed by atoms with Crippen molar-refractivity contribution in [1.29, 1.82) is 0 Å². The second-order valence-electron chi connectivity index (χ2n) is 4.53. The molecule has 1 aromatic carbocycles. The molecule has 2 rings (SSSR count). The first-order valence-corrected chi connectivity index (χ1v) is 8.40. The number of nitrogens with zero attached hydrogens (tertiary/aromatic N) is 1. The van der Waals surface area contributed by atoms with E-state index in [0.29, 0.717) is 10.6 Å². The monoisotopic (exact) mass is 326 g/mol. The molecule has 0 aliphatic rings. The van der Waals surface area contributed by atoms with E-state index in [0.717, 1.165) is 16.9 Å². The Morgan fingerprint density at radius 2 is 2.10 bits per heavy atom. The second-order valence-corrected chi connectivity index (χ2v) is 7.20. The SMILES string of the molecule is Cc1ccc(C)c(S(=O)(=O)NCc2nc(C(=O)O)cs2)c1. The first kappa shape index (κ1) is 15.6. The second kappa shape index (κ2) is 5.92. The first-order chi connectivity index (χ1) is 9.79. The zero-order valence-electron chi connectivity index (χ0n) is 11.5. The third-order valence-corrected chi connectivity index (χ3v) is 5.21. The Kier molecular flexibility index (Phi) is 4.40. The van der Waals surface area contributed by atoms with Crippen LogP contribution in [0.25, 0.3) is 0 Å². The van der Waals surface area contributed by atoms with Crippen LogP contribution in [0.4, 0.5) is 0 Å². The maximum Gasteiger partial charge on any atom is 0.355 e. The molecule has 21 heavy (non-hydrogen) atoms. The minimum atomic E-state index is -3.65. The van der Waals surface area contributed by atoms with E-state index in [2.05, 4.69) is 9.71 Å². The quantitative estimate of drug-likeness (QED) is 0.875. The Hall–Kier alpha value is -1.77. The molecule has 0 aliphatic heterocycles. The number of aromatic carboxylic acids is 1. The molecule has 8 heteroatoms. The molecule has 0 saturated heterocycles. The fourth-order valence-electron chi connectivity index (χ4n) is 1.72. The van der Waals surface area contributed by atoms with Crippen molar-refractivity contribution in [2.24, 2.45) is 0 Å². The summed E-state index contributed by atoms with van der Waals surface area (Å²) < 4.78 is 27.0. The molecule has 0 saturated carbocycles.